The smallest absolute Gasteiger partial charge is 0.0524 e. The number of nitrogens with one attached hydrogen (secondary N) is 1. The summed E-state index contributed by atoms with van der Waals surface area (Å²) in [7, 11) is 0. The van der Waals surface area contributed by atoms with Crippen LogP contribution in [0.2, 0.25) is 0 Å². The second-order valence-corrected chi connectivity index (χ2v) is 5.57. The molecule has 0 atom stereocenters. The van der Waals surface area contributed by atoms with E-state index in [9.17, 15) is 0 Å². The number of aromatic nitrogens is 2. The second kappa shape index (κ2) is 7.65. The zero-order chi connectivity index (χ0) is 13.5. The summed E-state index contributed by atoms with van der Waals surface area (Å²) in [6.07, 6.45) is 5.74. The molecule has 0 bridgehead atoms. The zero-order valence-electron chi connectivity index (χ0n) is 12.4. The molecule has 1 aliphatic rings. The van der Waals surface area contributed by atoms with Gasteiger partial charge < -0.3 is 5.32 Å². The monoisotopic (exact) mass is 264 g/mol. The van der Waals surface area contributed by atoms with Crippen molar-refractivity contribution < 1.29 is 0 Å². The normalized spacial score (nSPS) is 18.0. The number of likely N-dealkylation sites (tertiary alicyclic amines) is 1. The highest BCUT2D eigenvalue weighted by Gasteiger charge is 2.19. The van der Waals surface area contributed by atoms with Crippen LogP contribution in [0.5, 0.6) is 0 Å². The highest BCUT2D eigenvalue weighted by atomic mass is 15.3. The summed E-state index contributed by atoms with van der Waals surface area (Å²) in [5.74, 6) is 0.872. The van der Waals surface area contributed by atoms with Crippen LogP contribution in [0, 0.1) is 5.92 Å². The molecule has 1 N–H and O–H groups in total. The number of piperidine rings is 1. The highest BCUT2D eigenvalue weighted by Crippen LogP contribution is 2.18. The molecular formula is C15H28N4. The first-order valence-corrected chi connectivity index (χ1v) is 7.77. The van der Waals surface area contributed by atoms with Crippen LogP contribution in [0.4, 0.5) is 0 Å². The van der Waals surface area contributed by atoms with Crippen molar-refractivity contribution in [3.8, 4) is 0 Å². The molecule has 4 heteroatoms. The summed E-state index contributed by atoms with van der Waals surface area (Å²) in [4.78, 5) is 2.58. The van der Waals surface area contributed by atoms with Gasteiger partial charge in [0.2, 0.25) is 0 Å². The Bertz CT molecular complexity index is 353. The maximum Gasteiger partial charge on any atom is 0.0524 e. The summed E-state index contributed by atoms with van der Waals surface area (Å²) >= 11 is 0. The van der Waals surface area contributed by atoms with Crippen molar-refractivity contribution in [2.75, 3.05) is 26.2 Å². The van der Waals surface area contributed by atoms with Crippen molar-refractivity contribution in [2.45, 2.75) is 46.2 Å². The number of rotatable bonds is 7. The molecule has 1 aliphatic heterocycles. The molecule has 108 valence electrons. The van der Waals surface area contributed by atoms with E-state index in [1.54, 1.807) is 0 Å². The third-order valence-corrected chi connectivity index (χ3v) is 4.02. The van der Waals surface area contributed by atoms with E-state index in [2.05, 4.69) is 39.9 Å². The largest absolute Gasteiger partial charge is 0.317 e. The van der Waals surface area contributed by atoms with Gasteiger partial charge in [-0.1, -0.05) is 13.8 Å². The fourth-order valence-electron chi connectivity index (χ4n) is 2.83. The van der Waals surface area contributed by atoms with Crippen LogP contribution in [0.25, 0.3) is 0 Å². The Labute approximate surface area is 117 Å². The SMILES string of the molecule is CCCn1nccc1CN1CCC(CNCC)CC1. The van der Waals surface area contributed by atoms with E-state index < -0.39 is 0 Å². The van der Waals surface area contributed by atoms with E-state index in [1.807, 2.05) is 6.20 Å². The molecule has 0 amide bonds. The summed E-state index contributed by atoms with van der Waals surface area (Å²) < 4.78 is 2.16. The Kier molecular flexibility index (Phi) is 5.86. The Morgan fingerprint density at radius 3 is 2.79 bits per heavy atom. The molecule has 4 nitrogen and oxygen atoms in total. The van der Waals surface area contributed by atoms with Gasteiger partial charge in [0.15, 0.2) is 0 Å². The quantitative estimate of drug-likeness (QED) is 0.819. The molecule has 2 rings (SSSR count). The van der Waals surface area contributed by atoms with Gasteiger partial charge in [0.05, 0.1) is 5.69 Å². The van der Waals surface area contributed by atoms with Gasteiger partial charge in [-0.25, -0.2) is 0 Å². The van der Waals surface area contributed by atoms with E-state index in [0.717, 1.165) is 32.0 Å². The number of hydrogen-bond donors (Lipinski definition) is 1. The molecule has 0 saturated carbocycles. The van der Waals surface area contributed by atoms with Gasteiger partial charge >= 0.3 is 0 Å². The average molecular weight is 264 g/mol. The lowest BCUT2D eigenvalue weighted by atomic mass is 9.96. The lowest BCUT2D eigenvalue weighted by Crippen LogP contribution is -2.37. The standard InChI is InChI=1S/C15H28N4/c1-3-9-19-15(5-8-17-19)13-18-10-6-14(7-11-18)12-16-4-2/h5,8,14,16H,3-4,6-7,9-13H2,1-2H3. The summed E-state index contributed by atoms with van der Waals surface area (Å²) in [6.45, 7) is 11.2. The fraction of sp³-hybridized carbons (Fsp3) is 0.800. The molecule has 0 unspecified atom stereocenters. The van der Waals surface area contributed by atoms with E-state index in [4.69, 9.17) is 0 Å². The van der Waals surface area contributed by atoms with Gasteiger partial charge in [-0.2, -0.15) is 5.10 Å². The minimum Gasteiger partial charge on any atom is -0.317 e. The van der Waals surface area contributed by atoms with E-state index in [1.165, 1.54) is 38.2 Å². The maximum absolute atomic E-state index is 4.41. The van der Waals surface area contributed by atoms with Gasteiger partial charge in [-0.3, -0.25) is 9.58 Å². The Hall–Kier alpha value is -0.870. The fourth-order valence-corrected chi connectivity index (χ4v) is 2.83. The van der Waals surface area contributed by atoms with Crippen LogP contribution in [-0.2, 0) is 13.1 Å². The zero-order valence-corrected chi connectivity index (χ0v) is 12.4. The third-order valence-electron chi connectivity index (χ3n) is 4.02. The van der Waals surface area contributed by atoms with Crippen molar-refractivity contribution in [1.29, 1.82) is 0 Å². The van der Waals surface area contributed by atoms with Crippen LogP contribution in [-0.4, -0.2) is 40.9 Å². The number of aryl methyl sites for hydroxylation is 1. The van der Waals surface area contributed by atoms with Crippen LogP contribution >= 0.6 is 0 Å². The molecule has 0 radical (unpaired) electrons. The lowest BCUT2D eigenvalue weighted by molar-refractivity contribution is 0.171. The van der Waals surface area contributed by atoms with Crippen LogP contribution in [0.1, 0.15) is 38.8 Å². The predicted molar refractivity (Wildman–Crippen MR) is 79.1 cm³/mol. The van der Waals surface area contributed by atoms with Gasteiger partial charge in [-0.15, -0.1) is 0 Å². The molecule has 1 aromatic heterocycles. The van der Waals surface area contributed by atoms with Gasteiger partial charge in [0, 0.05) is 19.3 Å². The van der Waals surface area contributed by atoms with Gasteiger partial charge in [0.1, 0.15) is 0 Å². The first-order valence-electron chi connectivity index (χ1n) is 7.77. The minimum atomic E-state index is 0.872. The number of nitrogens with zero attached hydrogens (tertiary/aromatic N) is 3. The van der Waals surface area contributed by atoms with E-state index >= 15 is 0 Å². The van der Waals surface area contributed by atoms with Crippen LogP contribution in [0.15, 0.2) is 12.3 Å². The van der Waals surface area contributed by atoms with Crippen molar-refractivity contribution in [1.82, 2.24) is 20.0 Å². The molecule has 1 fully saturated rings. The van der Waals surface area contributed by atoms with Crippen molar-refractivity contribution in [3.05, 3.63) is 18.0 Å². The molecule has 0 aromatic carbocycles. The second-order valence-electron chi connectivity index (χ2n) is 5.57. The highest BCUT2D eigenvalue weighted by molar-refractivity contribution is 5.00. The van der Waals surface area contributed by atoms with Crippen LogP contribution in [0.3, 0.4) is 0 Å². The maximum atomic E-state index is 4.41. The molecule has 1 saturated heterocycles. The summed E-state index contributed by atoms with van der Waals surface area (Å²) in [6, 6.07) is 2.17. The topological polar surface area (TPSA) is 33.1 Å². The molecule has 2 heterocycles. The Balaban J connectivity index is 1.77. The van der Waals surface area contributed by atoms with E-state index in [-0.39, 0.29) is 0 Å². The first-order chi connectivity index (χ1) is 9.33. The number of hydrogen-bond acceptors (Lipinski definition) is 3. The molecule has 0 aliphatic carbocycles. The van der Waals surface area contributed by atoms with Crippen molar-refractivity contribution in [3.63, 3.8) is 0 Å². The lowest BCUT2D eigenvalue weighted by Gasteiger charge is -2.32. The molecule has 19 heavy (non-hydrogen) atoms. The first kappa shape index (κ1) is 14.5. The average Bonchev–Trinajstić information content (AvgIpc) is 2.86. The molecular weight excluding hydrogens is 236 g/mol. The van der Waals surface area contributed by atoms with Gasteiger partial charge in [0.25, 0.3) is 0 Å². The Morgan fingerprint density at radius 2 is 2.11 bits per heavy atom. The third kappa shape index (κ3) is 4.32. The molecule has 0 spiro atoms. The van der Waals surface area contributed by atoms with Crippen LogP contribution < -0.4 is 5.32 Å². The summed E-state index contributed by atoms with van der Waals surface area (Å²) in [5.41, 5.74) is 1.37. The molecule has 1 aromatic rings. The summed E-state index contributed by atoms with van der Waals surface area (Å²) in [5, 5.41) is 7.88. The van der Waals surface area contributed by atoms with E-state index in [0.29, 0.717) is 0 Å². The van der Waals surface area contributed by atoms with Crippen molar-refractivity contribution in [2.24, 2.45) is 5.92 Å². The predicted octanol–water partition coefficient (Wildman–Crippen LogP) is 2.11. The van der Waals surface area contributed by atoms with Crippen molar-refractivity contribution >= 4 is 0 Å². The Morgan fingerprint density at radius 1 is 1.32 bits per heavy atom. The minimum absolute atomic E-state index is 0.872. The van der Waals surface area contributed by atoms with Gasteiger partial charge in [-0.05, 0) is 57.4 Å².